The molecule has 8 heteroatoms. The zero-order valence-electron chi connectivity index (χ0n) is 31.8. The van der Waals surface area contributed by atoms with Gasteiger partial charge < -0.3 is 0 Å². The quantitative estimate of drug-likeness (QED) is 0.156. The van der Waals surface area contributed by atoms with E-state index in [1.807, 2.05) is 53.8 Å². The molecule has 0 aliphatic rings. The van der Waals surface area contributed by atoms with Crippen LogP contribution in [0.15, 0.2) is 182 Å². The summed E-state index contributed by atoms with van der Waals surface area (Å²) in [7, 11) is 0. The van der Waals surface area contributed by atoms with Crippen molar-refractivity contribution in [2.75, 3.05) is 0 Å². The molecule has 12 rings (SSSR count). The van der Waals surface area contributed by atoms with E-state index in [9.17, 15) is 0 Å². The minimum Gasteiger partial charge on any atom is -0.247 e. The molecule has 0 aliphatic carbocycles. The molecule has 0 atom stereocenters. The van der Waals surface area contributed by atoms with Crippen molar-refractivity contribution in [1.29, 1.82) is 0 Å². The highest BCUT2D eigenvalue weighted by Crippen LogP contribution is 2.41. The van der Waals surface area contributed by atoms with Gasteiger partial charge in [-0.3, -0.25) is 0 Å². The molecule has 4 aromatic heterocycles. The van der Waals surface area contributed by atoms with Crippen molar-refractivity contribution < 1.29 is 0 Å². The van der Waals surface area contributed by atoms with Gasteiger partial charge in [0.2, 0.25) is 0 Å². The number of hydrogen-bond donors (Lipinski definition) is 0. The Bertz CT molecular complexity index is 3580. The summed E-state index contributed by atoms with van der Waals surface area (Å²) in [5, 5.41) is 5.79. The van der Waals surface area contributed by atoms with Crippen LogP contribution < -0.4 is 0 Å². The Kier molecular flexibility index (Phi) is 8.11. The molecule has 0 N–H and O–H groups in total. The van der Waals surface area contributed by atoms with E-state index in [-0.39, 0.29) is 0 Å². The number of fused-ring (bicyclic) bond motifs is 8. The minimum absolute atomic E-state index is 0.615. The van der Waals surface area contributed by atoms with Gasteiger partial charge >= 0.3 is 0 Å². The zero-order valence-corrected chi connectivity index (χ0v) is 33.5. The number of aromatic nitrogens is 6. The number of nitrogens with zero attached hydrogens (tertiary/aromatic N) is 6. The largest absolute Gasteiger partial charge is 0.247 e. The van der Waals surface area contributed by atoms with Crippen LogP contribution in [-0.2, 0) is 0 Å². The van der Waals surface area contributed by atoms with E-state index in [1.54, 1.807) is 0 Å². The molecule has 0 aliphatic heterocycles. The molecule has 0 amide bonds. The summed E-state index contributed by atoms with van der Waals surface area (Å²) in [6.07, 6.45) is 0. The van der Waals surface area contributed by atoms with Crippen molar-refractivity contribution in [1.82, 2.24) is 28.7 Å². The average Bonchev–Trinajstić information content (AvgIpc) is 3.97. The number of thiophene rings is 1. The number of rotatable bonds is 6. The maximum absolute atomic E-state index is 5.27. The summed E-state index contributed by atoms with van der Waals surface area (Å²) in [5.41, 5.74) is 12.0. The minimum atomic E-state index is 0.615. The van der Waals surface area contributed by atoms with Gasteiger partial charge in [-0.2, -0.15) is 8.75 Å². The summed E-state index contributed by atoms with van der Waals surface area (Å²) in [5.74, 6) is 1.87. The number of benzene rings is 8. The van der Waals surface area contributed by atoms with E-state index in [0.29, 0.717) is 17.5 Å². The van der Waals surface area contributed by atoms with Gasteiger partial charge in [0.15, 0.2) is 17.5 Å². The van der Waals surface area contributed by atoms with Crippen molar-refractivity contribution in [2.45, 2.75) is 0 Å². The van der Waals surface area contributed by atoms with E-state index in [1.165, 1.54) is 37.5 Å². The molecule has 0 fully saturated rings. The lowest BCUT2D eigenvalue weighted by atomic mass is 9.96. The van der Waals surface area contributed by atoms with Gasteiger partial charge in [0.1, 0.15) is 11.0 Å². The zero-order chi connectivity index (χ0) is 39.6. The monoisotopic (exact) mass is 802 g/mol. The Hall–Kier alpha value is -7.52. The second-order valence-corrected chi connectivity index (χ2v) is 16.4. The van der Waals surface area contributed by atoms with Crippen molar-refractivity contribution in [3.05, 3.63) is 182 Å². The third kappa shape index (κ3) is 5.84. The molecule has 0 unspecified atom stereocenters. The summed E-state index contributed by atoms with van der Waals surface area (Å²) >= 11 is 3.09. The Labute approximate surface area is 352 Å². The van der Waals surface area contributed by atoms with Gasteiger partial charge in [-0.05, 0) is 46.5 Å². The molecule has 4 heterocycles. The summed E-state index contributed by atoms with van der Waals surface area (Å²) in [6.45, 7) is 0. The highest BCUT2D eigenvalue weighted by Gasteiger charge is 2.17. The number of hydrogen-bond acceptors (Lipinski definition) is 8. The van der Waals surface area contributed by atoms with Crippen LogP contribution in [0.25, 0.3) is 121 Å². The lowest BCUT2D eigenvalue weighted by molar-refractivity contribution is 1.07. The molecular formula is C52H30N6S2. The maximum Gasteiger partial charge on any atom is 0.164 e. The van der Waals surface area contributed by atoms with Gasteiger partial charge in [-0.1, -0.05) is 158 Å². The van der Waals surface area contributed by atoms with E-state index in [4.69, 9.17) is 24.3 Å². The fraction of sp³-hybridized carbons (Fsp3) is 0. The van der Waals surface area contributed by atoms with Crippen molar-refractivity contribution in [2.24, 2.45) is 0 Å². The molecule has 0 spiro atoms. The number of pyridine rings is 1. The van der Waals surface area contributed by atoms with Crippen molar-refractivity contribution in [3.63, 3.8) is 0 Å². The van der Waals surface area contributed by atoms with E-state index in [2.05, 4.69) is 144 Å². The first-order valence-electron chi connectivity index (χ1n) is 19.7. The van der Waals surface area contributed by atoms with E-state index < -0.39 is 0 Å². The molecule has 0 radical (unpaired) electrons. The SMILES string of the molecule is c1ccc(-c2nc(-c3ccc(-c4ccc5c(c4)nc(-c4ccccc4)c4ccc6nsnc6c45)cc3)nc(-c3ccc(-c4cccc5c4sc4ccccc45)cc3)n2)cc1. The first-order valence-corrected chi connectivity index (χ1v) is 21.2. The molecule has 8 aromatic carbocycles. The van der Waals surface area contributed by atoms with Crippen LogP contribution in [0.4, 0.5) is 0 Å². The van der Waals surface area contributed by atoms with Crippen LogP contribution in [0.2, 0.25) is 0 Å². The second-order valence-electron chi connectivity index (χ2n) is 14.8. The van der Waals surface area contributed by atoms with Crippen LogP contribution in [0.1, 0.15) is 0 Å². The molecule has 6 nitrogen and oxygen atoms in total. The van der Waals surface area contributed by atoms with Crippen LogP contribution in [0, 0.1) is 0 Å². The average molecular weight is 803 g/mol. The third-order valence-corrected chi connectivity index (χ3v) is 13.0. The molecule has 0 bridgehead atoms. The molecule has 0 saturated heterocycles. The van der Waals surface area contributed by atoms with Gasteiger partial charge in [-0.25, -0.2) is 19.9 Å². The first kappa shape index (κ1) is 34.5. The lowest BCUT2D eigenvalue weighted by Crippen LogP contribution is -2.00. The summed E-state index contributed by atoms with van der Waals surface area (Å²) < 4.78 is 11.9. The molecular weight excluding hydrogens is 773 g/mol. The smallest absolute Gasteiger partial charge is 0.164 e. The Morgan fingerprint density at radius 3 is 1.67 bits per heavy atom. The van der Waals surface area contributed by atoms with Crippen LogP contribution in [-0.4, -0.2) is 28.7 Å². The molecule has 60 heavy (non-hydrogen) atoms. The van der Waals surface area contributed by atoms with Gasteiger partial charge in [0.05, 0.1) is 22.9 Å². The van der Waals surface area contributed by atoms with Crippen molar-refractivity contribution >= 4 is 75.9 Å². The second kappa shape index (κ2) is 14.1. The maximum atomic E-state index is 5.27. The van der Waals surface area contributed by atoms with E-state index >= 15 is 0 Å². The highest BCUT2D eigenvalue weighted by molar-refractivity contribution is 7.26. The van der Waals surface area contributed by atoms with Crippen molar-refractivity contribution in [3.8, 4) is 67.7 Å². The Morgan fingerprint density at radius 1 is 0.350 bits per heavy atom. The fourth-order valence-electron chi connectivity index (χ4n) is 8.27. The predicted octanol–water partition coefficient (Wildman–Crippen LogP) is 13.9. The fourth-order valence-corrected chi connectivity index (χ4v) is 10.0. The standard InChI is InChI=1S/C52H30N6S2/c1-3-10-33(11-4-1)47-42-28-29-43-48(58-60-57-43)46(42)41-27-26-37(30-44(41)53-47)31-18-22-35(23-19-31)51-54-50(34-12-5-2-6-13-34)55-52(56-51)36-24-20-32(21-25-36)38-15-9-16-40-39-14-7-8-17-45(39)59-49(38)40/h1-30H. The van der Waals surface area contributed by atoms with E-state index in [0.717, 1.165) is 77.3 Å². The highest BCUT2D eigenvalue weighted by atomic mass is 32.1. The summed E-state index contributed by atoms with van der Waals surface area (Å²) in [4.78, 5) is 20.4. The van der Waals surface area contributed by atoms with Crippen LogP contribution in [0.3, 0.4) is 0 Å². The molecule has 0 saturated carbocycles. The normalized spacial score (nSPS) is 11.7. The Morgan fingerprint density at radius 2 is 0.933 bits per heavy atom. The molecule has 280 valence electrons. The van der Waals surface area contributed by atoms with Gasteiger partial charge in [0.25, 0.3) is 0 Å². The topological polar surface area (TPSA) is 77.3 Å². The van der Waals surface area contributed by atoms with Crippen LogP contribution >= 0.6 is 23.1 Å². The van der Waals surface area contributed by atoms with Gasteiger partial charge in [-0.15, -0.1) is 11.3 Å². The first-order chi connectivity index (χ1) is 29.7. The third-order valence-electron chi connectivity index (χ3n) is 11.2. The van der Waals surface area contributed by atoms with Crippen LogP contribution in [0.5, 0.6) is 0 Å². The van der Waals surface area contributed by atoms with Gasteiger partial charge in [0, 0.05) is 58.6 Å². The molecule has 12 aromatic rings. The lowest BCUT2D eigenvalue weighted by Gasteiger charge is -2.12. The Balaban J connectivity index is 0.923. The predicted molar refractivity (Wildman–Crippen MR) is 249 cm³/mol. The summed E-state index contributed by atoms with van der Waals surface area (Å²) in [6, 6.07) is 63.4.